The highest BCUT2D eigenvalue weighted by atomic mass is 15.3. The van der Waals surface area contributed by atoms with E-state index in [1.807, 2.05) is 17.9 Å². The van der Waals surface area contributed by atoms with Crippen LogP contribution >= 0.6 is 0 Å². The number of nitrogens with one attached hydrogen (secondary N) is 1. The van der Waals surface area contributed by atoms with E-state index in [1.54, 1.807) is 0 Å². The molecule has 1 unspecified atom stereocenters. The maximum Gasteiger partial charge on any atom is 0.0561 e. The lowest BCUT2D eigenvalue weighted by atomic mass is 9.88. The Kier molecular flexibility index (Phi) is 3.59. The minimum absolute atomic E-state index is 0.0371. The van der Waals surface area contributed by atoms with Gasteiger partial charge in [-0.1, -0.05) is 30.3 Å². The van der Waals surface area contributed by atoms with Gasteiger partial charge in [0, 0.05) is 45.0 Å². The van der Waals surface area contributed by atoms with Gasteiger partial charge in [0.2, 0.25) is 0 Å². The molecule has 20 heavy (non-hydrogen) atoms. The first-order chi connectivity index (χ1) is 9.68. The molecule has 2 heterocycles. The van der Waals surface area contributed by atoms with E-state index in [4.69, 9.17) is 0 Å². The van der Waals surface area contributed by atoms with Crippen molar-refractivity contribution in [1.29, 1.82) is 0 Å². The summed E-state index contributed by atoms with van der Waals surface area (Å²) < 4.78 is 1.87. The molecule has 1 atom stereocenters. The van der Waals surface area contributed by atoms with E-state index in [2.05, 4.69) is 58.8 Å². The van der Waals surface area contributed by atoms with Gasteiger partial charge in [-0.15, -0.1) is 0 Å². The average molecular weight is 270 g/mol. The number of benzene rings is 1. The molecule has 0 spiro atoms. The van der Waals surface area contributed by atoms with Gasteiger partial charge in [-0.05, 0) is 12.5 Å². The Morgan fingerprint density at radius 2 is 2.10 bits per heavy atom. The molecule has 0 amide bonds. The fourth-order valence-corrected chi connectivity index (χ4v) is 3.01. The molecule has 0 aliphatic carbocycles. The minimum Gasteiger partial charge on any atom is -0.313 e. The average Bonchev–Trinajstić information content (AvgIpc) is 2.88. The van der Waals surface area contributed by atoms with Gasteiger partial charge in [-0.25, -0.2) is 0 Å². The van der Waals surface area contributed by atoms with Crippen LogP contribution in [0.25, 0.3) is 0 Å². The zero-order valence-electron chi connectivity index (χ0n) is 12.2. The third-order valence-corrected chi connectivity index (χ3v) is 4.25. The highest BCUT2D eigenvalue weighted by Gasteiger charge is 2.35. The summed E-state index contributed by atoms with van der Waals surface area (Å²) in [5.74, 6) is 0. The first-order valence-electron chi connectivity index (χ1n) is 7.17. The third kappa shape index (κ3) is 2.49. The second-order valence-electron chi connectivity index (χ2n) is 5.76. The van der Waals surface area contributed by atoms with Gasteiger partial charge in [0.15, 0.2) is 0 Å². The van der Waals surface area contributed by atoms with E-state index in [-0.39, 0.29) is 5.54 Å². The lowest BCUT2D eigenvalue weighted by Crippen LogP contribution is -2.56. The summed E-state index contributed by atoms with van der Waals surface area (Å²) in [6.07, 6.45) is 4.07. The number of hydrogen-bond donors (Lipinski definition) is 1. The van der Waals surface area contributed by atoms with Crippen molar-refractivity contribution in [3.8, 4) is 0 Å². The van der Waals surface area contributed by atoms with Crippen LogP contribution in [0.2, 0.25) is 0 Å². The molecule has 0 saturated carbocycles. The molecule has 1 aromatic carbocycles. The highest BCUT2D eigenvalue weighted by molar-refractivity contribution is 5.25. The van der Waals surface area contributed by atoms with Crippen LogP contribution in [0.1, 0.15) is 18.1 Å². The Morgan fingerprint density at radius 3 is 2.80 bits per heavy atom. The molecule has 0 bridgehead atoms. The topological polar surface area (TPSA) is 33.1 Å². The molecule has 1 aromatic heterocycles. The molecule has 2 aromatic rings. The maximum atomic E-state index is 4.28. The summed E-state index contributed by atoms with van der Waals surface area (Å²) in [7, 11) is 1.97. The van der Waals surface area contributed by atoms with Crippen molar-refractivity contribution in [3.63, 3.8) is 0 Å². The molecule has 1 fully saturated rings. The Balaban J connectivity index is 1.87. The normalized spacial score (nSPS) is 23.9. The predicted molar refractivity (Wildman–Crippen MR) is 80.3 cm³/mol. The third-order valence-electron chi connectivity index (χ3n) is 4.25. The van der Waals surface area contributed by atoms with E-state index in [9.17, 15) is 0 Å². The van der Waals surface area contributed by atoms with Crippen LogP contribution in [0.15, 0.2) is 42.7 Å². The molecule has 4 heteroatoms. The van der Waals surface area contributed by atoms with Crippen molar-refractivity contribution in [1.82, 2.24) is 20.0 Å². The van der Waals surface area contributed by atoms with Crippen LogP contribution in [0, 0.1) is 0 Å². The van der Waals surface area contributed by atoms with Crippen molar-refractivity contribution >= 4 is 0 Å². The first kappa shape index (κ1) is 13.3. The Hall–Kier alpha value is -1.65. The van der Waals surface area contributed by atoms with E-state index < -0.39 is 0 Å². The van der Waals surface area contributed by atoms with Gasteiger partial charge < -0.3 is 5.32 Å². The largest absolute Gasteiger partial charge is 0.313 e. The van der Waals surface area contributed by atoms with Crippen molar-refractivity contribution in [2.24, 2.45) is 7.05 Å². The number of rotatable bonds is 3. The minimum atomic E-state index is 0.0371. The number of aryl methyl sites for hydroxylation is 1. The maximum absolute atomic E-state index is 4.28. The summed E-state index contributed by atoms with van der Waals surface area (Å²) in [5, 5.41) is 7.81. The molecular formula is C16H22N4. The van der Waals surface area contributed by atoms with Crippen molar-refractivity contribution in [2.75, 3.05) is 19.6 Å². The second-order valence-corrected chi connectivity index (χ2v) is 5.76. The van der Waals surface area contributed by atoms with Gasteiger partial charge in [0.25, 0.3) is 0 Å². The van der Waals surface area contributed by atoms with Crippen LogP contribution < -0.4 is 5.32 Å². The quantitative estimate of drug-likeness (QED) is 0.922. The first-order valence-corrected chi connectivity index (χ1v) is 7.17. The Bertz CT molecular complexity index is 563. The van der Waals surface area contributed by atoms with Crippen molar-refractivity contribution < 1.29 is 0 Å². The molecular weight excluding hydrogens is 248 g/mol. The fraction of sp³-hybridized carbons (Fsp3) is 0.438. The molecule has 106 valence electrons. The van der Waals surface area contributed by atoms with Gasteiger partial charge in [-0.2, -0.15) is 5.10 Å². The Labute approximate surface area is 120 Å². The van der Waals surface area contributed by atoms with Gasteiger partial charge in [0.1, 0.15) is 0 Å². The zero-order valence-corrected chi connectivity index (χ0v) is 12.2. The van der Waals surface area contributed by atoms with Gasteiger partial charge >= 0.3 is 0 Å². The van der Waals surface area contributed by atoms with Gasteiger partial charge in [-0.3, -0.25) is 9.58 Å². The smallest absolute Gasteiger partial charge is 0.0561 e. The van der Waals surface area contributed by atoms with E-state index in [0.29, 0.717) is 0 Å². The van der Waals surface area contributed by atoms with Crippen molar-refractivity contribution in [2.45, 2.75) is 19.0 Å². The van der Waals surface area contributed by atoms with Crippen LogP contribution in [0.4, 0.5) is 0 Å². The number of piperazine rings is 1. The van der Waals surface area contributed by atoms with Gasteiger partial charge in [0.05, 0.1) is 11.7 Å². The molecule has 1 aliphatic heterocycles. The van der Waals surface area contributed by atoms with Crippen molar-refractivity contribution in [3.05, 3.63) is 53.9 Å². The standard InChI is InChI=1S/C16H22N4/c1-16(15-6-4-3-5-7-15)13-17-8-9-20(16)12-14-10-18-19(2)11-14/h3-7,10-11,17H,8-9,12-13H2,1-2H3. The zero-order chi connectivity index (χ0) is 14.0. The number of hydrogen-bond acceptors (Lipinski definition) is 3. The molecule has 1 N–H and O–H groups in total. The SMILES string of the molecule is Cn1cc(CN2CCNCC2(C)c2ccccc2)cn1. The number of aromatic nitrogens is 2. The summed E-state index contributed by atoms with van der Waals surface area (Å²) in [4.78, 5) is 2.55. The molecule has 0 radical (unpaired) electrons. The second kappa shape index (κ2) is 5.38. The monoisotopic (exact) mass is 270 g/mol. The lowest BCUT2D eigenvalue weighted by molar-refractivity contribution is 0.0650. The van der Waals surface area contributed by atoms with E-state index >= 15 is 0 Å². The van der Waals surface area contributed by atoms with Crippen LogP contribution in [0.5, 0.6) is 0 Å². The molecule has 4 nitrogen and oxygen atoms in total. The Morgan fingerprint density at radius 1 is 1.30 bits per heavy atom. The highest BCUT2D eigenvalue weighted by Crippen LogP contribution is 2.30. The van der Waals surface area contributed by atoms with E-state index in [1.165, 1.54) is 11.1 Å². The molecule has 1 saturated heterocycles. The van der Waals surface area contributed by atoms with Crippen LogP contribution in [0.3, 0.4) is 0 Å². The van der Waals surface area contributed by atoms with E-state index in [0.717, 1.165) is 26.2 Å². The van der Waals surface area contributed by atoms with Crippen LogP contribution in [-0.2, 0) is 19.1 Å². The predicted octanol–water partition coefficient (Wildman–Crippen LogP) is 1.74. The lowest BCUT2D eigenvalue weighted by Gasteiger charge is -2.45. The molecule has 1 aliphatic rings. The summed E-state index contributed by atoms with van der Waals surface area (Å²) in [6, 6.07) is 10.8. The fourth-order valence-electron chi connectivity index (χ4n) is 3.01. The molecule has 3 rings (SSSR count). The van der Waals surface area contributed by atoms with Crippen LogP contribution in [-0.4, -0.2) is 34.3 Å². The summed E-state index contributed by atoms with van der Waals surface area (Å²) in [6.45, 7) is 6.35. The summed E-state index contributed by atoms with van der Waals surface area (Å²) in [5.41, 5.74) is 2.68. The number of nitrogens with zero attached hydrogens (tertiary/aromatic N) is 3. The summed E-state index contributed by atoms with van der Waals surface area (Å²) >= 11 is 0.